The second-order valence-electron chi connectivity index (χ2n) is 7.02. The highest BCUT2D eigenvalue weighted by Gasteiger charge is 2.32. The fourth-order valence-corrected chi connectivity index (χ4v) is 3.89. The van der Waals surface area contributed by atoms with Crippen LogP contribution >= 0.6 is 0 Å². The van der Waals surface area contributed by atoms with Crippen LogP contribution in [0.5, 0.6) is 0 Å². The van der Waals surface area contributed by atoms with Gasteiger partial charge in [-0.1, -0.05) is 30.3 Å². The molecule has 0 aliphatic heterocycles. The van der Waals surface area contributed by atoms with Gasteiger partial charge >= 0.3 is 0 Å². The van der Waals surface area contributed by atoms with E-state index in [2.05, 4.69) is 12.1 Å². The lowest BCUT2D eigenvalue weighted by molar-refractivity contribution is 0.0515. The van der Waals surface area contributed by atoms with Crippen molar-refractivity contribution in [2.24, 2.45) is 0 Å². The molecule has 0 spiro atoms. The monoisotopic (exact) mass is 369 g/mol. The molecule has 0 radical (unpaired) electrons. The van der Waals surface area contributed by atoms with Crippen LogP contribution in [0.3, 0.4) is 0 Å². The number of rotatable bonds is 7. The summed E-state index contributed by atoms with van der Waals surface area (Å²) in [5.41, 5.74) is 2.44. The number of carbonyl (C=O) groups excluding carboxylic acids is 2. The summed E-state index contributed by atoms with van der Waals surface area (Å²) in [5.74, 6) is 0.869. The maximum absolute atomic E-state index is 13.3. The average Bonchev–Trinajstić information content (AvgIpc) is 3.01. The fourth-order valence-electron chi connectivity index (χ4n) is 3.89. The van der Waals surface area contributed by atoms with Crippen LogP contribution in [0.2, 0.25) is 0 Å². The van der Waals surface area contributed by atoms with Crippen LogP contribution in [0.15, 0.2) is 34.7 Å². The van der Waals surface area contributed by atoms with E-state index in [1.54, 1.807) is 12.0 Å². The predicted molar refractivity (Wildman–Crippen MR) is 103 cm³/mol. The van der Waals surface area contributed by atoms with E-state index >= 15 is 0 Å². The summed E-state index contributed by atoms with van der Waals surface area (Å²) in [6.45, 7) is 4.75. The lowest BCUT2D eigenvalue weighted by Crippen LogP contribution is -2.44. The van der Waals surface area contributed by atoms with Gasteiger partial charge in [-0.05, 0) is 32.3 Å². The van der Waals surface area contributed by atoms with Crippen molar-refractivity contribution in [3.8, 4) is 0 Å². The number of carbonyl (C=O) groups is 2. The van der Waals surface area contributed by atoms with Crippen molar-refractivity contribution in [1.29, 1.82) is 0 Å². The van der Waals surface area contributed by atoms with Crippen molar-refractivity contribution in [3.05, 3.63) is 58.5 Å². The van der Waals surface area contributed by atoms with Crippen molar-refractivity contribution >= 4 is 11.7 Å². The third-order valence-electron chi connectivity index (χ3n) is 5.22. The van der Waals surface area contributed by atoms with E-state index in [0.29, 0.717) is 55.1 Å². The maximum atomic E-state index is 13.3. The van der Waals surface area contributed by atoms with E-state index in [4.69, 9.17) is 9.15 Å². The topological polar surface area (TPSA) is 59.8 Å². The fraction of sp³-hybridized carbons (Fsp3) is 0.455. The zero-order valence-electron chi connectivity index (χ0n) is 16.3. The van der Waals surface area contributed by atoms with Gasteiger partial charge in [0, 0.05) is 32.1 Å². The maximum Gasteiger partial charge on any atom is 0.290 e. The van der Waals surface area contributed by atoms with Crippen LogP contribution in [-0.2, 0) is 17.6 Å². The van der Waals surface area contributed by atoms with Gasteiger partial charge in [0.05, 0.1) is 18.2 Å². The third kappa shape index (κ3) is 3.98. The molecule has 1 aromatic heterocycles. The molecule has 1 aliphatic carbocycles. The number of likely N-dealkylation sites (N-methyl/N-ethyl adjacent to an activating group) is 1. The Morgan fingerprint density at radius 1 is 1.26 bits per heavy atom. The molecule has 1 aliphatic rings. The van der Waals surface area contributed by atoms with Crippen LogP contribution in [0.1, 0.15) is 57.6 Å². The number of Topliss-reactive ketones (excluding diaryl/α,β-unsaturated/α-hetero) is 1. The molecule has 1 aromatic carbocycles. The highest BCUT2D eigenvalue weighted by atomic mass is 16.5. The molecule has 0 unspecified atom stereocenters. The van der Waals surface area contributed by atoms with E-state index in [-0.39, 0.29) is 17.7 Å². The van der Waals surface area contributed by atoms with Gasteiger partial charge in [0.1, 0.15) is 5.76 Å². The van der Waals surface area contributed by atoms with Gasteiger partial charge < -0.3 is 14.1 Å². The lowest BCUT2D eigenvalue weighted by atomic mass is 9.94. The average molecular weight is 369 g/mol. The molecule has 1 heterocycles. The molecule has 0 fully saturated rings. The summed E-state index contributed by atoms with van der Waals surface area (Å²) in [7, 11) is 1.64. The van der Waals surface area contributed by atoms with E-state index in [0.717, 1.165) is 12.0 Å². The Labute approximate surface area is 160 Å². The highest BCUT2D eigenvalue weighted by Crippen LogP contribution is 2.30. The Bertz CT molecular complexity index is 809. The Morgan fingerprint density at radius 3 is 2.63 bits per heavy atom. The molecule has 1 amide bonds. The number of ketones is 1. The Balaban J connectivity index is 1.89. The molecule has 2 aromatic rings. The minimum atomic E-state index is -0.171. The summed E-state index contributed by atoms with van der Waals surface area (Å²) < 4.78 is 11.3. The second kappa shape index (κ2) is 8.53. The molecule has 5 nitrogen and oxygen atoms in total. The molecule has 3 rings (SSSR count). The van der Waals surface area contributed by atoms with Crippen LogP contribution in [0.25, 0.3) is 0 Å². The summed E-state index contributed by atoms with van der Waals surface area (Å²) in [6, 6.07) is 9.96. The van der Waals surface area contributed by atoms with E-state index in [1.165, 1.54) is 0 Å². The number of aryl methyl sites for hydroxylation is 1. The van der Waals surface area contributed by atoms with Crippen molar-refractivity contribution in [1.82, 2.24) is 4.90 Å². The molecule has 5 heteroatoms. The standard InChI is InChI=1S/C22H27NO4/c1-4-23(17(14-26-3)13-16-9-6-5-7-10-16)22(25)21-15(2)20-18(24)11-8-12-19(20)27-21/h5-7,9-10,17H,4,8,11-14H2,1-3H3/t17-/m1/s1. The van der Waals surface area contributed by atoms with Crippen LogP contribution in [0, 0.1) is 6.92 Å². The van der Waals surface area contributed by atoms with E-state index in [1.807, 2.05) is 32.0 Å². The van der Waals surface area contributed by atoms with Crippen molar-refractivity contribution in [2.75, 3.05) is 20.3 Å². The first-order valence-electron chi connectivity index (χ1n) is 9.56. The number of hydrogen-bond donors (Lipinski definition) is 0. The van der Waals surface area contributed by atoms with Crippen LogP contribution in [0.4, 0.5) is 0 Å². The smallest absolute Gasteiger partial charge is 0.290 e. The Hall–Kier alpha value is -2.40. The molecular formula is C22H27NO4. The van der Waals surface area contributed by atoms with Gasteiger partial charge in [-0.2, -0.15) is 0 Å². The number of methoxy groups -OCH3 is 1. The van der Waals surface area contributed by atoms with Crippen LogP contribution in [-0.4, -0.2) is 42.9 Å². The zero-order valence-corrected chi connectivity index (χ0v) is 16.3. The number of fused-ring (bicyclic) bond motifs is 1. The molecule has 0 N–H and O–H groups in total. The minimum absolute atomic E-state index is 0.0809. The number of furan rings is 1. The molecule has 0 saturated carbocycles. The van der Waals surface area contributed by atoms with Gasteiger partial charge in [0.15, 0.2) is 11.5 Å². The predicted octanol–water partition coefficient (Wildman–Crippen LogP) is 3.83. The van der Waals surface area contributed by atoms with Crippen molar-refractivity contribution in [3.63, 3.8) is 0 Å². The van der Waals surface area contributed by atoms with Gasteiger partial charge in [-0.25, -0.2) is 0 Å². The Morgan fingerprint density at radius 2 is 2.00 bits per heavy atom. The van der Waals surface area contributed by atoms with Gasteiger partial charge in [-0.15, -0.1) is 0 Å². The number of hydrogen-bond acceptors (Lipinski definition) is 4. The Kier molecular flexibility index (Phi) is 6.11. The molecule has 144 valence electrons. The quantitative estimate of drug-likeness (QED) is 0.744. The first-order valence-corrected chi connectivity index (χ1v) is 9.56. The lowest BCUT2D eigenvalue weighted by Gasteiger charge is -2.30. The molecule has 1 atom stereocenters. The van der Waals surface area contributed by atoms with Gasteiger partial charge in [0.25, 0.3) is 5.91 Å². The normalized spacial score (nSPS) is 14.7. The largest absolute Gasteiger partial charge is 0.455 e. The third-order valence-corrected chi connectivity index (χ3v) is 5.22. The number of benzene rings is 1. The SMILES string of the molecule is CCN(C(=O)c1oc2c(c1C)C(=O)CCC2)[C@@H](COC)Cc1ccccc1. The minimum Gasteiger partial charge on any atom is -0.455 e. The number of nitrogens with zero attached hydrogens (tertiary/aromatic N) is 1. The van der Waals surface area contributed by atoms with Crippen molar-refractivity contribution < 1.29 is 18.7 Å². The molecular weight excluding hydrogens is 342 g/mol. The van der Waals surface area contributed by atoms with Gasteiger partial charge in [-0.3, -0.25) is 9.59 Å². The summed E-state index contributed by atoms with van der Waals surface area (Å²) in [4.78, 5) is 27.3. The zero-order chi connectivity index (χ0) is 19.4. The van der Waals surface area contributed by atoms with E-state index in [9.17, 15) is 9.59 Å². The van der Waals surface area contributed by atoms with Gasteiger partial charge in [0.2, 0.25) is 0 Å². The summed E-state index contributed by atoms with van der Waals surface area (Å²) in [6.07, 6.45) is 2.72. The molecule has 0 bridgehead atoms. The first-order chi connectivity index (χ1) is 13.1. The summed E-state index contributed by atoms with van der Waals surface area (Å²) >= 11 is 0. The van der Waals surface area contributed by atoms with E-state index < -0.39 is 0 Å². The number of ether oxygens (including phenoxy) is 1. The second-order valence-corrected chi connectivity index (χ2v) is 7.02. The molecule has 0 saturated heterocycles. The molecule has 27 heavy (non-hydrogen) atoms. The van der Waals surface area contributed by atoms with Crippen LogP contribution < -0.4 is 0 Å². The number of amides is 1. The first kappa shape index (κ1) is 19.4. The summed E-state index contributed by atoms with van der Waals surface area (Å²) in [5, 5.41) is 0. The van der Waals surface area contributed by atoms with Crippen molar-refractivity contribution in [2.45, 2.75) is 45.6 Å². The highest BCUT2D eigenvalue weighted by molar-refractivity contribution is 6.03.